The number of hydrogen-bond donors (Lipinski definition) is 0. The number of carbonyl (C=O) groups excluding carboxylic acids is 1. The Bertz CT molecular complexity index is 1420. The number of benzene rings is 2. The zero-order valence-electron chi connectivity index (χ0n) is 22.6. The van der Waals surface area contributed by atoms with Crippen LogP contribution in [0, 0.1) is 0 Å². The standard InChI is InChI=1S/C27H33Cl2N5O4S/c1-6-21(16-39(36,37)27(2,3)4)34-24(17-10-12-19(28)13-11-17)25(18-8-7-9-20(29)14-18)38-22(26(34)35)15-23-30-32-33(5)31-23/h7-14,21-22,24-25H,6,15-16H2,1-5H3/t21-,22+,24+,25+/m0/s1. The molecule has 4 atom stereocenters. The summed E-state index contributed by atoms with van der Waals surface area (Å²) in [6.45, 7) is 6.90. The van der Waals surface area contributed by atoms with Gasteiger partial charge in [-0.3, -0.25) is 4.79 Å². The Balaban J connectivity index is 1.87. The summed E-state index contributed by atoms with van der Waals surface area (Å²) in [6, 6.07) is 13.2. The van der Waals surface area contributed by atoms with Gasteiger partial charge in [0.1, 0.15) is 12.2 Å². The molecule has 0 spiro atoms. The molecule has 2 aromatic carbocycles. The third-order valence-electron chi connectivity index (χ3n) is 6.94. The lowest BCUT2D eigenvalue weighted by Crippen LogP contribution is -2.57. The average molecular weight is 595 g/mol. The first-order valence-electron chi connectivity index (χ1n) is 12.7. The van der Waals surface area contributed by atoms with Crippen LogP contribution >= 0.6 is 23.2 Å². The Morgan fingerprint density at radius 3 is 2.31 bits per heavy atom. The Hall–Kier alpha value is -2.53. The van der Waals surface area contributed by atoms with E-state index in [1.807, 2.05) is 31.2 Å². The molecule has 1 aliphatic heterocycles. The maximum Gasteiger partial charge on any atom is 0.253 e. The van der Waals surface area contributed by atoms with Crippen molar-refractivity contribution in [3.05, 3.63) is 75.5 Å². The van der Waals surface area contributed by atoms with E-state index in [1.54, 1.807) is 57.0 Å². The number of halogens is 2. The van der Waals surface area contributed by atoms with Crippen molar-refractivity contribution in [1.82, 2.24) is 25.1 Å². The molecule has 4 rings (SSSR count). The number of carbonyl (C=O) groups is 1. The first kappa shape index (κ1) is 29.5. The van der Waals surface area contributed by atoms with Gasteiger partial charge >= 0.3 is 0 Å². The van der Waals surface area contributed by atoms with Crippen LogP contribution in [-0.2, 0) is 32.8 Å². The number of ether oxygens (including phenoxy) is 1. The van der Waals surface area contributed by atoms with Crippen LogP contribution in [-0.4, -0.2) is 62.1 Å². The SMILES string of the molecule is CC[C@@H](CS(=O)(=O)C(C)(C)C)N1C(=O)[C@@H](Cc2nnn(C)n2)O[C@H](c2cccc(Cl)c2)[C@H]1c1ccc(Cl)cc1. The largest absolute Gasteiger partial charge is 0.357 e. The molecule has 12 heteroatoms. The average Bonchev–Trinajstić information content (AvgIpc) is 3.28. The molecule has 0 N–H and O–H groups in total. The maximum atomic E-state index is 14.2. The van der Waals surface area contributed by atoms with E-state index in [0.29, 0.717) is 22.3 Å². The van der Waals surface area contributed by atoms with Crippen molar-refractivity contribution in [2.45, 2.75) is 69.6 Å². The van der Waals surface area contributed by atoms with Crippen LogP contribution in [0.4, 0.5) is 0 Å². The first-order chi connectivity index (χ1) is 18.3. The molecule has 210 valence electrons. The van der Waals surface area contributed by atoms with Gasteiger partial charge in [0, 0.05) is 22.5 Å². The molecule has 0 unspecified atom stereocenters. The number of rotatable bonds is 8. The third kappa shape index (κ3) is 6.45. The van der Waals surface area contributed by atoms with Crippen LogP contribution < -0.4 is 0 Å². The monoisotopic (exact) mass is 593 g/mol. The summed E-state index contributed by atoms with van der Waals surface area (Å²) in [5, 5.41) is 13.2. The molecule has 1 fully saturated rings. The van der Waals surface area contributed by atoms with E-state index in [2.05, 4.69) is 15.4 Å². The van der Waals surface area contributed by atoms with Crippen molar-refractivity contribution in [1.29, 1.82) is 0 Å². The summed E-state index contributed by atoms with van der Waals surface area (Å²) in [5.74, 6) is -0.182. The molecule has 2 heterocycles. The maximum absolute atomic E-state index is 14.2. The van der Waals surface area contributed by atoms with Crippen LogP contribution in [0.3, 0.4) is 0 Å². The van der Waals surface area contributed by atoms with Crippen molar-refractivity contribution >= 4 is 38.9 Å². The zero-order valence-corrected chi connectivity index (χ0v) is 24.9. The van der Waals surface area contributed by atoms with E-state index in [9.17, 15) is 13.2 Å². The minimum Gasteiger partial charge on any atom is -0.357 e. The van der Waals surface area contributed by atoms with E-state index in [1.165, 1.54) is 4.80 Å². The van der Waals surface area contributed by atoms with Gasteiger partial charge in [0.25, 0.3) is 5.91 Å². The highest BCUT2D eigenvalue weighted by atomic mass is 35.5. The van der Waals surface area contributed by atoms with Gasteiger partial charge in [-0.2, -0.15) is 4.80 Å². The second kappa shape index (κ2) is 11.5. The Morgan fingerprint density at radius 2 is 1.74 bits per heavy atom. The summed E-state index contributed by atoms with van der Waals surface area (Å²) in [5.41, 5.74) is 1.52. The number of morpholine rings is 1. The van der Waals surface area contributed by atoms with Gasteiger partial charge in [-0.25, -0.2) is 8.42 Å². The van der Waals surface area contributed by atoms with Crippen LogP contribution in [0.2, 0.25) is 10.0 Å². The van der Waals surface area contributed by atoms with Crippen molar-refractivity contribution < 1.29 is 17.9 Å². The fourth-order valence-electron chi connectivity index (χ4n) is 4.71. The van der Waals surface area contributed by atoms with Crippen molar-refractivity contribution in [2.75, 3.05) is 5.75 Å². The Kier molecular flexibility index (Phi) is 8.70. The molecule has 0 saturated carbocycles. The minimum absolute atomic E-state index is 0.0794. The summed E-state index contributed by atoms with van der Waals surface area (Å²) in [4.78, 5) is 17.2. The normalized spacial score (nSPS) is 21.3. The number of hydrogen-bond acceptors (Lipinski definition) is 7. The summed E-state index contributed by atoms with van der Waals surface area (Å²) in [6.07, 6.45) is -1.12. The number of tetrazole rings is 1. The van der Waals surface area contributed by atoms with E-state index in [0.717, 1.165) is 11.1 Å². The Labute approximate surface area is 239 Å². The van der Waals surface area contributed by atoms with Crippen LogP contribution in [0.1, 0.15) is 63.2 Å². The van der Waals surface area contributed by atoms with E-state index >= 15 is 0 Å². The molecular formula is C27H33Cl2N5O4S. The molecule has 3 aromatic rings. The van der Waals surface area contributed by atoms with E-state index in [4.69, 9.17) is 27.9 Å². The molecule has 0 bridgehead atoms. The van der Waals surface area contributed by atoms with Crippen LogP contribution in [0.25, 0.3) is 0 Å². The molecule has 1 amide bonds. The van der Waals surface area contributed by atoms with Crippen LogP contribution in [0.5, 0.6) is 0 Å². The number of nitrogens with zero attached hydrogens (tertiary/aromatic N) is 5. The van der Waals surface area contributed by atoms with Crippen LogP contribution in [0.15, 0.2) is 48.5 Å². The van der Waals surface area contributed by atoms with E-state index < -0.39 is 38.9 Å². The van der Waals surface area contributed by atoms with Gasteiger partial charge in [0.05, 0.1) is 23.6 Å². The fraction of sp³-hybridized carbons (Fsp3) is 0.481. The molecule has 1 aliphatic rings. The molecule has 0 radical (unpaired) electrons. The first-order valence-corrected chi connectivity index (χ1v) is 15.1. The smallest absolute Gasteiger partial charge is 0.253 e. The lowest BCUT2D eigenvalue weighted by molar-refractivity contribution is -0.178. The van der Waals surface area contributed by atoms with Gasteiger partial charge < -0.3 is 9.64 Å². The molecule has 1 saturated heterocycles. The van der Waals surface area contributed by atoms with Crippen molar-refractivity contribution in [3.63, 3.8) is 0 Å². The molecule has 39 heavy (non-hydrogen) atoms. The second-order valence-electron chi connectivity index (χ2n) is 10.7. The summed E-state index contributed by atoms with van der Waals surface area (Å²) in [7, 11) is -1.93. The highest BCUT2D eigenvalue weighted by Gasteiger charge is 2.48. The number of amides is 1. The fourth-order valence-corrected chi connectivity index (χ4v) is 6.44. The number of aromatic nitrogens is 4. The summed E-state index contributed by atoms with van der Waals surface area (Å²) >= 11 is 12.6. The second-order valence-corrected chi connectivity index (χ2v) is 14.4. The zero-order chi connectivity index (χ0) is 28.5. The quantitative estimate of drug-likeness (QED) is 0.370. The lowest BCUT2D eigenvalue weighted by Gasteiger charge is -2.48. The van der Waals surface area contributed by atoms with Crippen molar-refractivity contribution in [3.8, 4) is 0 Å². The molecule has 9 nitrogen and oxygen atoms in total. The van der Waals surface area contributed by atoms with Crippen molar-refractivity contribution in [2.24, 2.45) is 7.05 Å². The third-order valence-corrected chi connectivity index (χ3v) is 10.1. The number of sulfone groups is 1. The van der Waals surface area contributed by atoms with Gasteiger partial charge in [-0.15, -0.1) is 10.2 Å². The topological polar surface area (TPSA) is 107 Å². The van der Waals surface area contributed by atoms with E-state index in [-0.39, 0.29) is 18.1 Å². The predicted molar refractivity (Wildman–Crippen MR) is 150 cm³/mol. The van der Waals surface area contributed by atoms with Gasteiger partial charge in [-0.1, -0.05) is 54.4 Å². The molecule has 1 aromatic heterocycles. The lowest BCUT2D eigenvalue weighted by atomic mass is 9.89. The number of aryl methyl sites for hydroxylation is 1. The Morgan fingerprint density at radius 1 is 1.05 bits per heavy atom. The molecule has 0 aliphatic carbocycles. The summed E-state index contributed by atoms with van der Waals surface area (Å²) < 4.78 is 32.3. The van der Waals surface area contributed by atoms with Gasteiger partial charge in [-0.05, 0) is 67.8 Å². The van der Waals surface area contributed by atoms with Gasteiger partial charge in [0.15, 0.2) is 15.7 Å². The molecular weight excluding hydrogens is 561 g/mol. The predicted octanol–water partition coefficient (Wildman–Crippen LogP) is 4.76. The highest BCUT2D eigenvalue weighted by Crippen LogP contribution is 2.45. The van der Waals surface area contributed by atoms with Gasteiger partial charge in [0.2, 0.25) is 0 Å². The minimum atomic E-state index is -3.57. The highest BCUT2D eigenvalue weighted by molar-refractivity contribution is 7.92.